The van der Waals surface area contributed by atoms with Gasteiger partial charge in [-0.15, -0.1) is 0 Å². The highest BCUT2D eigenvalue weighted by molar-refractivity contribution is 5.99. The van der Waals surface area contributed by atoms with E-state index in [4.69, 9.17) is 4.52 Å². The average molecular weight is 326 g/mol. The molecule has 1 heterocycles. The molecular weight excluding hydrogens is 307 g/mol. The van der Waals surface area contributed by atoms with Crippen molar-refractivity contribution in [2.24, 2.45) is 5.92 Å². The number of hydrogen-bond donors (Lipinski definition) is 1. The van der Waals surface area contributed by atoms with Gasteiger partial charge in [-0.1, -0.05) is 25.9 Å². The minimum absolute atomic E-state index is 0.0384. The molecule has 0 aliphatic heterocycles. The van der Waals surface area contributed by atoms with Gasteiger partial charge in [0, 0.05) is 23.2 Å². The van der Waals surface area contributed by atoms with Gasteiger partial charge in [0.15, 0.2) is 17.2 Å². The number of rotatable bonds is 5. The maximum atomic E-state index is 13.2. The molecule has 1 aromatic heterocycles. The summed E-state index contributed by atoms with van der Waals surface area (Å²) in [5.74, 6) is 0.259. The predicted octanol–water partition coefficient (Wildman–Crippen LogP) is 5.11. The maximum Gasteiger partial charge on any atom is 0.181 e. The third kappa shape index (κ3) is 3.02. The molecule has 3 rings (SSSR count). The number of carbonyl (C=O) groups excluding carboxylic acids is 1. The standard InChI is InChI=1S/C19H19FN2O2/c1-4-12-9-14(6-8-15(12)18(23)11(2)3)21-19-16-7-5-13(20)10-17(16)24-22-19/h5-11H,4H2,1-3H3,(H,21,22). The molecule has 0 aliphatic carbocycles. The molecule has 0 saturated carbocycles. The van der Waals surface area contributed by atoms with Gasteiger partial charge >= 0.3 is 0 Å². The van der Waals surface area contributed by atoms with Crippen molar-refractivity contribution in [1.82, 2.24) is 5.16 Å². The average Bonchev–Trinajstić information content (AvgIpc) is 2.95. The summed E-state index contributed by atoms with van der Waals surface area (Å²) in [6, 6.07) is 9.92. The summed E-state index contributed by atoms with van der Waals surface area (Å²) in [5, 5.41) is 7.84. The van der Waals surface area contributed by atoms with Gasteiger partial charge in [-0.2, -0.15) is 0 Å². The number of fused-ring (bicyclic) bond motifs is 1. The molecule has 0 amide bonds. The van der Waals surface area contributed by atoms with E-state index in [0.29, 0.717) is 16.8 Å². The second-order valence-electron chi connectivity index (χ2n) is 6.04. The minimum Gasteiger partial charge on any atom is -0.354 e. The van der Waals surface area contributed by atoms with Crippen molar-refractivity contribution in [3.05, 3.63) is 53.3 Å². The molecule has 0 atom stereocenters. The first-order valence-corrected chi connectivity index (χ1v) is 7.98. The van der Waals surface area contributed by atoms with Gasteiger partial charge in [-0.05, 0) is 42.3 Å². The smallest absolute Gasteiger partial charge is 0.181 e. The first-order chi connectivity index (χ1) is 11.5. The Hall–Kier alpha value is -2.69. The topological polar surface area (TPSA) is 55.1 Å². The predicted molar refractivity (Wildman–Crippen MR) is 92.2 cm³/mol. The van der Waals surface area contributed by atoms with Crippen LogP contribution in [0.4, 0.5) is 15.9 Å². The lowest BCUT2D eigenvalue weighted by molar-refractivity contribution is 0.0938. The normalized spacial score (nSPS) is 11.2. The Bertz CT molecular complexity index is 900. The van der Waals surface area contributed by atoms with Gasteiger partial charge < -0.3 is 9.84 Å². The number of aromatic nitrogens is 1. The SMILES string of the molecule is CCc1cc(Nc2noc3cc(F)ccc23)ccc1C(=O)C(C)C. The fraction of sp³-hybridized carbons (Fsp3) is 0.263. The van der Waals surface area contributed by atoms with Crippen molar-refractivity contribution in [2.75, 3.05) is 5.32 Å². The van der Waals surface area contributed by atoms with E-state index in [1.165, 1.54) is 12.1 Å². The van der Waals surface area contributed by atoms with E-state index >= 15 is 0 Å². The summed E-state index contributed by atoms with van der Waals surface area (Å²) in [6.45, 7) is 5.81. The lowest BCUT2D eigenvalue weighted by Crippen LogP contribution is -2.10. The number of Topliss-reactive ketones (excluding diaryl/α,β-unsaturated/α-hetero) is 1. The van der Waals surface area contributed by atoms with Crippen LogP contribution in [-0.4, -0.2) is 10.9 Å². The molecule has 5 heteroatoms. The Labute approximate surface area is 139 Å². The van der Waals surface area contributed by atoms with Gasteiger partial charge in [0.25, 0.3) is 0 Å². The number of ketones is 1. The number of halogens is 1. The molecule has 0 aliphatic rings. The van der Waals surface area contributed by atoms with Crippen LogP contribution >= 0.6 is 0 Å². The Morgan fingerprint density at radius 3 is 2.75 bits per heavy atom. The Morgan fingerprint density at radius 2 is 2.04 bits per heavy atom. The van der Waals surface area contributed by atoms with E-state index in [0.717, 1.165) is 23.2 Å². The zero-order valence-corrected chi connectivity index (χ0v) is 13.9. The van der Waals surface area contributed by atoms with Crippen LogP contribution in [0.15, 0.2) is 40.9 Å². The van der Waals surface area contributed by atoms with Crippen molar-refractivity contribution in [1.29, 1.82) is 0 Å². The third-order valence-corrected chi connectivity index (χ3v) is 3.97. The van der Waals surface area contributed by atoms with Crippen molar-refractivity contribution >= 4 is 28.3 Å². The number of nitrogens with one attached hydrogen (secondary N) is 1. The van der Waals surface area contributed by atoms with Crippen LogP contribution in [0, 0.1) is 11.7 Å². The third-order valence-electron chi connectivity index (χ3n) is 3.97. The maximum absolute atomic E-state index is 13.2. The lowest BCUT2D eigenvalue weighted by atomic mass is 9.95. The Balaban J connectivity index is 1.93. The minimum atomic E-state index is -0.366. The van der Waals surface area contributed by atoms with E-state index in [2.05, 4.69) is 10.5 Å². The van der Waals surface area contributed by atoms with Crippen molar-refractivity contribution < 1.29 is 13.7 Å². The molecule has 124 valence electrons. The largest absolute Gasteiger partial charge is 0.354 e. The van der Waals surface area contributed by atoms with E-state index in [-0.39, 0.29) is 17.5 Å². The summed E-state index contributed by atoms with van der Waals surface area (Å²) in [5.41, 5.74) is 2.94. The van der Waals surface area contributed by atoms with Crippen LogP contribution in [0.3, 0.4) is 0 Å². The molecule has 3 aromatic rings. The van der Waals surface area contributed by atoms with Gasteiger partial charge in [0.2, 0.25) is 0 Å². The van der Waals surface area contributed by atoms with Crippen LogP contribution in [0.25, 0.3) is 11.0 Å². The molecular formula is C19H19FN2O2. The van der Waals surface area contributed by atoms with E-state index < -0.39 is 0 Å². The Kier molecular flexibility index (Phi) is 4.34. The fourth-order valence-electron chi connectivity index (χ4n) is 2.65. The van der Waals surface area contributed by atoms with Gasteiger partial charge in [-0.25, -0.2) is 4.39 Å². The number of benzene rings is 2. The highest BCUT2D eigenvalue weighted by Crippen LogP contribution is 2.28. The van der Waals surface area contributed by atoms with Gasteiger partial charge in [0.1, 0.15) is 5.82 Å². The highest BCUT2D eigenvalue weighted by atomic mass is 19.1. The summed E-state index contributed by atoms with van der Waals surface area (Å²) in [7, 11) is 0. The quantitative estimate of drug-likeness (QED) is 0.662. The highest BCUT2D eigenvalue weighted by Gasteiger charge is 2.15. The molecule has 0 bridgehead atoms. The summed E-state index contributed by atoms with van der Waals surface area (Å²) >= 11 is 0. The van der Waals surface area contributed by atoms with Crippen molar-refractivity contribution in [3.8, 4) is 0 Å². The van der Waals surface area contributed by atoms with Crippen LogP contribution in [0.5, 0.6) is 0 Å². The number of anilines is 2. The van der Waals surface area contributed by atoms with Crippen LogP contribution < -0.4 is 5.32 Å². The molecule has 0 radical (unpaired) electrons. The van der Waals surface area contributed by atoms with Crippen LogP contribution in [-0.2, 0) is 6.42 Å². The molecule has 1 N–H and O–H groups in total. The number of aryl methyl sites for hydroxylation is 1. The molecule has 4 nitrogen and oxygen atoms in total. The zero-order valence-electron chi connectivity index (χ0n) is 13.9. The summed E-state index contributed by atoms with van der Waals surface area (Å²) < 4.78 is 18.4. The second-order valence-corrected chi connectivity index (χ2v) is 6.04. The van der Waals surface area contributed by atoms with Crippen LogP contribution in [0.1, 0.15) is 36.7 Å². The van der Waals surface area contributed by atoms with Gasteiger partial charge in [-0.3, -0.25) is 4.79 Å². The van der Waals surface area contributed by atoms with Crippen molar-refractivity contribution in [3.63, 3.8) is 0 Å². The molecule has 0 saturated heterocycles. The van der Waals surface area contributed by atoms with Gasteiger partial charge in [0.05, 0.1) is 5.39 Å². The molecule has 0 unspecified atom stereocenters. The summed E-state index contributed by atoms with van der Waals surface area (Å²) in [4.78, 5) is 12.3. The Morgan fingerprint density at radius 1 is 1.25 bits per heavy atom. The summed E-state index contributed by atoms with van der Waals surface area (Å²) in [6.07, 6.45) is 0.758. The lowest BCUT2D eigenvalue weighted by Gasteiger charge is -2.12. The second kappa shape index (κ2) is 6.43. The number of carbonyl (C=O) groups is 1. The molecule has 24 heavy (non-hydrogen) atoms. The van der Waals surface area contributed by atoms with E-state index in [1.54, 1.807) is 6.07 Å². The number of hydrogen-bond acceptors (Lipinski definition) is 4. The monoisotopic (exact) mass is 326 g/mol. The van der Waals surface area contributed by atoms with E-state index in [9.17, 15) is 9.18 Å². The molecule has 2 aromatic carbocycles. The fourth-order valence-corrected chi connectivity index (χ4v) is 2.65. The number of nitrogens with zero attached hydrogens (tertiary/aromatic N) is 1. The van der Waals surface area contributed by atoms with E-state index in [1.807, 2.05) is 39.0 Å². The molecule has 0 spiro atoms. The van der Waals surface area contributed by atoms with Crippen LogP contribution in [0.2, 0.25) is 0 Å². The first-order valence-electron chi connectivity index (χ1n) is 7.98. The molecule has 0 fully saturated rings. The first kappa shape index (κ1) is 16.2. The zero-order chi connectivity index (χ0) is 17.3. The van der Waals surface area contributed by atoms with Crippen molar-refractivity contribution in [2.45, 2.75) is 27.2 Å².